The summed E-state index contributed by atoms with van der Waals surface area (Å²) in [5.41, 5.74) is -0.160. The molecule has 1 aromatic rings. The van der Waals surface area contributed by atoms with E-state index >= 15 is 0 Å². The van der Waals surface area contributed by atoms with Gasteiger partial charge >= 0.3 is 0 Å². The summed E-state index contributed by atoms with van der Waals surface area (Å²) in [6.07, 6.45) is 0. The van der Waals surface area contributed by atoms with Crippen LogP contribution in [-0.2, 0) is 9.09 Å². The lowest BCUT2D eigenvalue weighted by atomic mass is 10.1. The first kappa shape index (κ1) is 14.3. The zero-order chi connectivity index (χ0) is 13.6. The molecule has 1 atom stereocenters. The minimum atomic E-state index is -2.90. The molecule has 1 aliphatic rings. The molecule has 0 amide bonds. The van der Waals surface area contributed by atoms with Crippen molar-refractivity contribution in [1.82, 2.24) is 5.32 Å². The van der Waals surface area contributed by atoms with E-state index in [4.69, 9.17) is 4.52 Å². The van der Waals surface area contributed by atoms with Gasteiger partial charge in [0.1, 0.15) is 0 Å². The predicted molar refractivity (Wildman–Crippen MR) is 78.6 cm³/mol. The summed E-state index contributed by atoms with van der Waals surface area (Å²) < 4.78 is 20.0. The molecule has 0 aromatic heterocycles. The lowest BCUT2D eigenvalue weighted by Gasteiger charge is -2.47. The molecule has 1 aromatic carbocycles. The molecule has 2 rings (SSSR count). The van der Waals surface area contributed by atoms with Crippen LogP contribution in [0.5, 0.6) is 0 Å². The highest BCUT2D eigenvalue weighted by Crippen LogP contribution is 2.59. The van der Waals surface area contributed by atoms with E-state index in [0.717, 1.165) is 9.78 Å². The molecule has 5 heteroatoms. The fraction of sp³-hybridized carbons (Fsp3) is 0.538. The molecule has 1 aliphatic heterocycles. The largest absolute Gasteiger partial charge is 0.322 e. The standard InChI is InChI=1S/C13H19BrNO2P/c1-12(2)9-17-18(16,13(3,4)15-12)11-7-5-10(14)6-8-11/h5-8,15H,9H2,1-4H3/t18-/m0/s1. The Morgan fingerprint density at radius 3 is 2.28 bits per heavy atom. The summed E-state index contributed by atoms with van der Waals surface area (Å²) in [6, 6.07) is 7.53. The van der Waals surface area contributed by atoms with E-state index in [9.17, 15) is 4.57 Å². The molecule has 18 heavy (non-hydrogen) atoms. The summed E-state index contributed by atoms with van der Waals surface area (Å²) >= 11 is 3.39. The van der Waals surface area contributed by atoms with Crippen LogP contribution in [0.2, 0.25) is 0 Å². The van der Waals surface area contributed by atoms with Gasteiger partial charge in [-0.15, -0.1) is 0 Å². The van der Waals surface area contributed by atoms with Gasteiger partial charge in [-0.2, -0.15) is 0 Å². The Hall–Kier alpha value is -0.150. The predicted octanol–water partition coefficient (Wildman–Crippen LogP) is 3.49. The minimum absolute atomic E-state index is 0.160. The highest BCUT2D eigenvalue weighted by molar-refractivity contribution is 9.10. The maximum Gasteiger partial charge on any atom is 0.251 e. The molecular formula is C13H19BrNO2P. The Labute approximate surface area is 117 Å². The maximum atomic E-state index is 13.2. The molecule has 100 valence electrons. The first-order valence-electron chi connectivity index (χ1n) is 5.96. The molecule has 0 spiro atoms. The Bertz CT molecular complexity index is 496. The average Bonchev–Trinajstić information content (AvgIpc) is 2.24. The smallest absolute Gasteiger partial charge is 0.251 e. The van der Waals surface area contributed by atoms with Crippen LogP contribution in [-0.4, -0.2) is 17.4 Å². The molecule has 0 saturated carbocycles. The molecule has 1 saturated heterocycles. The van der Waals surface area contributed by atoms with Crippen LogP contribution in [0.25, 0.3) is 0 Å². The van der Waals surface area contributed by atoms with Crippen molar-refractivity contribution in [2.45, 2.75) is 38.5 Å². The van der Waals surface area contributed by atoms with Crippen molar-refractivity contribution < 1.29 is 9.09 Å². The van der Waals surface area contributed by atoms with E-state index in [1.54, 1.807) is 0 Å². The molecule has 0 aliphatic carbocycles. The first-order chi connectivity index (χ1) is 8.16. The van der Waals surface area contributed by atoms with E-state index < -0.39 is 12.6 Å². The van der Waals surface area contributed by atoms with Gasteiger partial charge in [-0.1, -0.05) is 15.9 Å². The number of benzene rings is 1. The Balaban J connectivity index is 2.42. The Morgan fingerprint density at radius 1 is 1.22 bits per heavy atom. The SMILES string of the molecule is CC1(C)CO[P@@](=O)(c2ccc(Br)cc2)C(C)(C)N1. The van der Waals surface area contributed by atoms with Gasteiger partial charge < -0.3 is 4.52 Å². The van der Waals surface area contributed by atoms with Crippen molar-refractivity contribution in [3.8, 4) is 0 Å². The molecule has 0 unspecified atom stereocenters. The zero-order valence-corrected chi connectivity index (χ0v) is 13.6. The van der Waals surface area contributed by atoms with Gasteiger partial charge in [0, 0.05) is 15.3 Å². The van der Waals surface area contributed by atoms with E-state index in [2.05, 4.69) is 35.1 Å². The van der Waals surface area contributed by atoms with Gasteiger partial charge in [-0.05, 0) is 52.0 Å². The second-order valence-electron chi connectivity index (χ2n) is 5.87. The van der Waals surface area contributed by atoms with E-state index in [-0.39, 0.29) is 5.54 Å². The lowest BCUT2D eigenvalue weighted by Crippen LogP contribution is -2.59. The summed E-state index contributed by atoms with van der Waals surface area (Å²) in [7, 11) is -2.90. The van der Waals surface area contributed by atoms with E-state index in [0.29, 0.717) is 6.61 Å². The number of hydrogen-bond acceptors (Lipinski definition) is 3. The van der Waals surface area contributed by atoms with Gasteiger partial charge in [0.25, 0.3) is 7.37 Å². The number of halogens is 1. The third kappa shape index (κ3) is 2.44. The van der Waals surface area contributed by atoms with Crippen molar-refractivity contribution in [1.29, 1.82) is 0 Å². The topological polar surface area (TPSA) is 38.3 Å². The van der Waals surface area contributed by atoms with E-state index in [1.807, 2.05) is 38.1 Å². The lowest BCUT2D eigenvalue weighted by molar-refractivity contribution is 0.147. The Kier molecular flexibility index (Phi) is 3.52. The van der Waals surface area contributed by atoms with Crippen LogP contribution in [0, 0.1) is 0 Å². The summed E-state index contributed by atoms with van der Waals surface area (Å²) in [4.78, 5) is 0. The number of rotatable bonds is 1. The zero-order valence-electron chi connectivity index (χ0n) is 11.2. The third-order valence-electron chi connectivity index (χ3n) is 3.15. The highest BCUT2D eigenvalue weighted by atomic mass is 79.9. The highest BCUT2D eigenvalue weighted by Gasteiger charge is 2.50. The molecular weight excluding hydrogens is 313 g/mol. The molecule has 3 nitrogen and oxygen atoms in total. The minimum Gasteiger partial charge on any atom is -0.322 e. The quantitative estimate of drug-likeness (QED) is 0.800. The molecule has 1 heterocycles. The fourth-order valence-electron chi connectivity index (χ4n) is 2.39. The van der Waals surface area contributed by atoms with Crippen LogP contribution in [0.1, 0.15) is 27.7 Å². The fourth-order valence-corrected chi connectivity index (χ4v) is 5.26. The molecule has 0 bridgehead atoms. The Morgan fingerprint density at radius 2 is 1.78 bits per heavy atom. The first-order valence-corrected chi connectivity index (χ1v) is 8.38. The van der Waals surface area contributed by atoms with Crippen molar-refractivity contribution in [2.75, 3.05) is 6.61 Å². The second kappa shape index (κ2) is 4.45. The summed E-state index contributed by atoms with van der Waals surface area (Å²) in [5, 5.41) is 3.63. The van der Waals surface area contributed by atoms with Crippen LogP contribution in [0.15, 0.2) is 28.7 Å². The normalized spacial score (nSPS) is 30.1. The number of nitrogens with one attached hydrogen (secondary N) is 1. The van der Waals surface area contributed by atoms with Crippen molar-refractivity contribution >= 4 is 28.6 Å². The van der Waals surface area contributed by atoms with Crippen LogP contribution < -0.4 is 10.6 Å². The third-order valence-corrected chi connectivity index (χ3v) is 6.74. The van der Waals surface area contributed by atoms with Gasteiger partial charge in [0.05, 0.1) is 11.9 Å². The summed E-state index contributed by atoms with van der Waals surface area (Å²) in [5.74, 6) is 0. The molecule has 1 fully saturated rings. The number of hydrogen-bond donors (Lipinski definition) is 1. The van der Waals surface area contributed by atoms with Gasteiger partial charge in [0.2, 0.25) is 0 Å². The summed E-state index contributed by atoms with van der Waals surface area (Å²) in [6.45, 7) is 8.44. The van der Waals surface area contributed by atoms with Crippen molar-refractivity contribution in [3.63, 3.8) is 0 Å². The van der Waals surface area contributed by atoms with Gasteiger partial charge in [-0.25, -0.2) is 0 Å². The van der Waals surface area contributed by atoms with Crippen molar-refractivity contribution in [3.05, 3.63) is 28.7 Å². The van der Waals surface area contributed by atoms with E-state index in [1.165, 1.54) is 0 Å². The van der Waals surface area contributed by atoms with Crippen LogP contribution in [0.4, 0.5) is 0 Å². The van der Waals surface area contributed by atoms with Gasteiger partial charge in [-0.3, -0.25) is 9.88 Å². The van der Waals surface area contributed by atoms with Crippen LogP contribution in [0.3, 0.4) is 0 Å². The van der Waals surface area contributed by atoms with Crippen LogP contribution >= 0.6 is 23.3 Å². The average molecular weight is 332 g/mol. The monoisotopic (exact) mass is 331 g/mol. The maximum absolute atomic E-state index is 13.2. The molecule has 0 radical (unpaired) electrons. The van der Waals surface area contributed by atoms with Crippen molar-refractivity contribution in [2.24, 2.45) is 0 Å². The van der Waals surface area contributed by atoms with Gasteiger partial charge in [0.15, 0.2) is 0 Å². The molecule has 1 N–H and O–H groups in total. The second-order valence-corrected chi connectivity index (χ2v) is 9.78.